The third-order valence-corrected chi connectivity index (χ3v) is 5.46. The molecular weight excluding hydrogens is 434 g/mol. The number of methoxy groups -OCH3 is 1. The van der Waals surface area contributed by atoms with Crippen LogP contribution in [0.3, 0.4) is 0 Å². The summed E-state index contributed by atoms with van der Waals surface area (Å²) in [5.74, 6) is 0.836. The van der Waals surface area contributed by atoms with E-state index in [1.165, 1.54) is 9.47 Å². The first-order valence-corrected chi connectivity index (χ1v) is 11.6. The van der Waals surface area contributed by atoms with Crippen LogP contribution in [0.4, 0.5) is 11.5 Å². The van der Waals surface area contributed by atoms with Crippen LogP contribution in [0.1, 0.15) is 44.4 Å². The van der Waals surface area contributed by atoms with Crippen LogP contribution in [0.25, 0.3) is 0 Å². The summed E-state index contributed by atoms with van der Waals surface area (Å²) in [4.78, 5) is 44.2. The first kappa shape index (κ1) is 27.2. The molecule has 0 saturated carbocycles. The van der Waals surface area contributed by atoms with Gasteiger partial charge >= 0.3 is 5.69 Å². The van der Waals surface area contributed by atoms with Gasteiger partial charge in [-0.3, -0.25) is 24.0 Å². The van der Waals surface area contributed by atoms with Crippen LogP contribution in [0, 0.1) is 25.7 Å². The number of nitrogens with two attached hydrogens (primary N) is 1. The van der Waals surface area contributed by atoms with Gasteiger partial charge in [-0.2, -0.15) is 0 Å². The smallest absolute Gasteiger partial charge is 0.330 e. The molecule has 0 radical (unpaired) electrons. The summed E-state index contributed by atoms with van der Waals surface area (Å²) in [6.07, 6.45) is 0. The van der Waals surface area contributed by atoms with Crippen LogP contribution in [-0.2, 0) is 17.9 Å². The molecule has 0 fully saturated rings. The molecule has 2 aromatic rings. The maximum absolute atomic E-state index is 13.4. The second kappa shape index (κ2) is 11.4. The van der Waals surface area contributed by atoms with E-state index in [9.17, 15) is 14.4 Å². The summed E-state index contributed by atoms with van der Waals surface area (Å²) >= 11 is 0. The highest BCUT2D eigenvalue weighted by atomic mass is 16.5. The molecule has 0 spiro atoms. The van der Waals surface area contributed by atoms with Gasteiger partial charge in [0.15, 0.2) is 5.69 Å². The molecule has 0 unspecified atom stereocenters. The maximum atomic E-state index is 13.4. The molecule has 0 aliphatic carbocycles. The number of carbonyl (C=O) groups is 1. The molecule has 9 nitrogen and oxygen atoms in total. The summed E-state index contributed by atoms with van der Waals surface area (Å²) < 4.78 is 6.77. The molecule has 0 bridgehead atoms. The van der Waals surface area contributed by atoms with E-state index in [0.717, 1.165) is 22.4 Å². The fraction of sp³-hybridized carbons (Fsp3) is 0.560. The van der Waals surface area contributed by atoms with E-state index < -0.39 is 11.2 Å². The lowest BCUT2D eigenvalue weighted by Crippen LogP contribution is -2.46. The molecule has 3 N–H and O–H groups in total. The largest absolute Gasteiger partial charge is 0.496 e. The van der Waals surface area contributed by atoms with Gasteiger partial charge < -0.3 is 15.4 Å². The Labute approximate surface area is 201 Å². The van der Waals surface area contributed by atoms with Gasteiger partial charge in [-0.25, -0.2) is 4.79 Å². The van der Waals surface area contributed by atoms with Crippen molar-refractivity contribution >= 4 is 17.4 Å². The third kappa shape index (κ3) is 6.50. The van der Waals surface area contributed by atoms with Crippen LogP contribution in [0.2, 0.25) is 0 Å². The molecule has 34 heavy (non-hydrogen) atoms. The first-order chi connectivity index (χ1) is 15.8. The molecule has 0 aliphatic rings. The number of amides is 1. The molecule has 0 saturated heterocycles. The molecule has 0 atom stereocenters. The number of hydrogen-bond donors (Lipinski definition) is 2. The van der Waals surface area contributed by atoms with E-state index in [2.05, 4.69) is 4.98 Å². The van der Waals surface area contributed by atoms with Crippen molar-refractivity contribution in [3.05, 3.63) is 49.7 Å². The van der Waals surface area contributed by atoms with E-state index in [-0.39, 0.29) is 35.8 Å². The first-order valence-electron chi connectivity index (χ1n) is 11.6. The Morgan fingerprint density at radius 2 is 1.71 bits per heavy atom. The monoisotopic (exact) mass is 473 g/mol. The Balaban J connectivity index is 2.35. The lowest BCUT2D eigenvalue weighted by atomic mass is 10.1. The van der Waals surface area contributed by atoms with Gasteiger partial charge in [-0.1, -0.05) is 39.8 Å². The maximum Gasteiger partial charge on any atom is 0.330 e. The van der Waals surface area contributed by atoms with Crippen molar-refractivity contribution in [2.45, 2.75) is 54.6 Å². The Bertz CT molecular complexity index is 1110. The van der Waals surface area contributed by atoms with Crippen molar-refractivity contribution in [2.75, 3.05) is 37.9 Å². The van der Waals surface area contributed by atoms with Crippen molar-refractivity contribution in [3.8, 4) is 5.75 Å². The SMILES string of the molecule is COc1c(C)cc(CN(C)CC(=O)N(CC(C)C)c2c(N)n(CC(C)C)c(=O)[nH]c2=O)cc1C. The van der Waals surface area contributed by atoms with Crippen molar-refractivity contribution in [1.82, 2.24) is 14.5 Å². The van der Waals surface area contributed by atoms with Gasteiger partial charge in [0.25, 0.3) is 5.56 Å². The molecule has 9 heteroatoms. The fourth-order valence-corrected chi connectivity index (χ4v) is 4.20. The number of aromatic nitrogens is 2. The number of aryl methyl sites for hydroxylation is 2. The van der Waals surface area contributed by atoms with E-state index in [0.29, 0.717) is 19.6 Å². The van der Waals surface area contributed by atoms with Crippen LogP contribution in [-0.4, -0.2) is 47.6 Å². The van der Waals surface area contributed by atoms with Gasteiger partial charge in [0.2, 0.25) is 5.91 Å². The number of nitrogens with one attached hydrogen (secondary N) is 1. The summed E-state index contributed by atoms with van der Waals surface area (Å²) in [5.41, 5.74) is 8.22. The standard InChI is InChI=1S/C25H39N5O4/c1-15(2)11-29(21-23(26)30(12-16(3)4)25(33)27-24(21)32)20(31)14-28(7)13-19-9-17(5)22(34-8)18(6)10-19/h9-10,15-16H,11-14,26H2,1-8H3,(H,27,32,33). The normalized spacial score (nSPS) is 11.5. The van der Waals surface area contributed by atoms with Crippen LogP contribution in [0.5, 0.6) is 5.75 Å². The van der Waals surface area contributed by atoms with Gasteiger partial charge in [-0.05, 0) is 49.4 Å². The molecule has 1 amide bonds. The zero-order valence-corrected chi connectivity index (χ0v) is 21.7. The predicted molar refractivity (Wildman–Crippen MR) is 137 cm³/mol. The number of benzene rings is 1. The van der Waals surface area contributed by atoms with Gasteiger partial charge in [-0.15, -0.1) is 0 Å². The average molecular weight is 474 g/mol. The minimum Gasteiger partial charge on any atom is -0.496 e. The number of H-pyrrole nitrogens is 1. The summed E-state index contributed by atoms with van der Waals surface area (Å²) in [5, 5.41) is 0. The van der Waals surface area contributed by atoms with E-state index >= 15 is 0 Å². The van der Waals surface area contributed by atoms with Crippen LogP contribution >= 0.6 is 0 Å². The van der Waals surface area contributed by atoms with E-state index in [1.807, 2.05) is 65.6 Å². The molecular formula is C25H39N5O4. The second-order valence-electron chi connectivity index (χ2n) is 9.83. The average Bonchev–Trinajstić information content (AvgIpc) is 2.69. The zero-order chi connectivity index (χ0) is 25.7. The van der Waals surface area contributed by atoms with Crippen molar-refractivity contribution in [3.63, 3.8) is 0 Å². The van der Waals surface area contributed by atoms with Crippen LogP contribution < -0.4 is 26.6 Å². The Hall–Kier alpha value is -3.07. The van der Waals surface area contributed by atoms with Gasteiger partial charge in [0, 0.05) is 19.6 Å². The Kier molecular flexibility index (Phi) is 9.09. The molecule has 0 aliphatic heterocycles. The summed E-state index contributed by atoms with van der Waals surface area (Å²) in [7, 11) is 3.51. The third-order valence-electron chi connectivity index (χ3n) is 5.46. The molecule has 2 rings (SSSR count). The van der Waals surface area contributed by atoms with E-state index in [1.54, 1.807) is 7.11 Å². The fourth-order valence-electron chi connectivity index (χ4n) is 4.20. The highest BCUT2D eigenvalue weighted by Crippen LogP contribution is 2.25. The molecule has 188 valence electrons. The Morgan fingerprint density at radius 3 is 2.21 bits per heavy atom. The molecule has 1 aromatic carbocycles. The van der Waals surface area contributed by atoms with Crippen molar-refractivity contribution < 1.29 is 9.53 Å². The predicted octanol–water partition coefficient (Wildman–Crippen LogP) is 2.52. The topological polar surface area (TPSA) is 114 Å². The highest BCUT2D eigenvalue weighted by molar-refractivity contribution is 5.96. The number of ether oxygens (including phenoxy) is 1. The number of carbonyl (C=O) groups excluding carboxylic acids is 1. The van der Waals surface area contributed by atoms with Gasteiger partial charge in [0.1, 0.15) is 11.6 Å². The number of likely N-dealkylation sites (N-methyl/N-ethyl adjacent to an activating group) is 1. The number of hydrogen-bond acceptors (Lipinski definition) is 6. The van der Waals surface area contributed by atoms with E-state index in [4.69, 9.17) is 10.5 Å². The minimum atomic E-state index is -0.652. The van der Waals surface area contributed by atoms with Crippen molar-refractivity contribution in [2.24, 2.45) is 11.8 Å². The quantitative estimate of drug-likeness (QED) is 0.548. The zero-order valence-electron chi connectivity index (χ0n) is 21.7. The lowest BCUT2D eigenvalue weighted by molar-refractivity contribution is -0.119. The summed E-state index contributed by atoms with van der Waals surface area (Å²) in [6.45, 7) is 13.1. The number of nitrogens with zero attached hydrogens (tertiary/aromatic N) is 3. The number of anilines is 2. The Morgan fingerprint density at radius 1 is 1.12 bits per heavy atom. The van der Waals surface area contributed by atoms with Crippen molar-refractivity contribution in [1.29, 1.82) is 0 Å². The minimum absolute atomic E-state index is 0.0144. The number of aromatic amines is 1. The number of rotatable bonds is 10. The van der Waals surface area contributed by atoms with Crippen LogP contribution in [0.15, 0.2) is 21.7 Å². The highest BCUT2D eigenvalue weighted by Gasteiger charge is 2.26. The lowest BCUT2D eigenvalue weighted by Gasteiger charge is -2.28. The molecule has 1 heterocycles. The molecule has 1 aromatic heterocycles. The number of nitrogen functional groups attached to an aromatic ring is 1. The van der Waals surface area contributed by atoms with Gasteiger partial charge in [0.05, 0.1) is 13.7 Å². The second-order valence-corrected chi connectivity index (χ2v) is 9.83. The summed E-state index contributed by atoms with van der Waals surface area (Å²) in [6, 6.07) is 4.09.